The molecule has 1 aliphatic heterocycles. The molecule has 1 N–H and O–H groups in total. The first kappa shape index (κ1) is 18.1. The highest BCUT2D eigenvalue weighted by atomic mass is 16.5. The first-order valence-corrected chi connectivity index (χ1v) is 9.06. The highest BCUT2D eigenvalue weighted by Crippen LogP contribution is 2.17. The molecule has 0 radical (unpaired) electrons. The van der Waals surface area contributed by atoms with E-state index in [4.69, 9.17) is 9.47 Å². The molecular formula is C20H20N4O4. The fourth-order valence-corrected chi connectivity index (χ4v) is 3.27. The zero-order valence-electron chi connectivity index (χ0n) is 15.4. The van der Waals surface area contributed by atoms with Crippen LogP contribution >= 0.6 is 0 Å². The Morgan fingerprint density at radius 2 is 2.00 bits per heavy atom. The highest BCUT2D eigenvalue weighted by Gasteiger charge is 2.30. The summed E-state index contributed by atoms with van der Waals surface area (Å²) in [7, 11) is 1.53. The maximum atomic E-state index is 13.0. The van der Waals surface area contributed by atoms with Crippen molar-refractivity contribution >= 4 is 16.7 Å². The van der Waals surface area contributed by atoms with Crippen molar-refractivity contribution < 1.29 is 14.3 Å². The standard InChI is InChI=1S/C20H20N4O4/c1-24-20(26)14-7-3-2-6-13(14)18(23-24)19(25)22-15-9-11-27-12-16(15)28-17-8-4-5-10-21-17/h2-8,10,15-16H,9,11-12H2,1H3,(H,22,25)/t15-,16-/m1/s1. The molecule has 4 rings (SSSR count). The van der Waals surface area contributed by atoms with Crippen molar-refractivity contribution in [3.05, 3.63) is 64.7 Å². The molecule has 8 heteroatoms. The summed E-state index contributed by atoms with van der Waals surface area (Å²) in [6.07, 6.45) is 1.88. The number of aryl methyl sites for hydroxylation is 1. The van der Waals surface area contributed by atoms with E-state index in [1.54, 1.807) is 42.6 Å². The fraction of sp³-hybridized carbons (Fsp3) is 0.300. The Bertz CT molecular complexity index is 1050. The Balaban J connectivity index is 1.59. The maximum Gasteiger partial charge on any atom is 0.274 e. The Labute approximate surface area is 161 Å². The molecule has 2 atom stereocenters. The van der Waals surface area contributed by atoms with Crippen LogP contribution in [0.25, 0.3) is 10.8 Å². The molecule has 28 heavy (non-hydrogen) atoms. The number of rotatable bonds is 4. The predicted octanol–water partition coefficient (Wildman–Crippen LogP) is 1.29. The molecule has 3 aromatic rings. The van der Waals surface area contributed by atoms with Gasteiger partial charge in [-0.25, -0.2) is 9.67 Å². The number of carbonyl (C=O) groups excluding carboxylic acids is 1. The van der Waals surface area contributed by atoms with Crippen molar-refractivity contribution in [1.82, 2.24) is 20.1 Å². The zero-order chi connectivity index (χ0) is 19.5. The van der Waals surface area contributed by atoms with Gasteiger partial charge in [0.05, 0.1) is 18.0 Å². The number of pyridine rings is 1. The highest BCUT2D eigenvalue weighted by molar-refractivity contribution is 6.04. The van der Waals surface area contributed by atoms with E-state index in [0.29, 0.717) is 36.3 Å². The lowest BCUT2D eigenvalue weighted by atomic mass is 10.0. The van der Waals surface area contributed by atoms with E-state index in [9.17, 15) is 9.59 Å². The van der Waals surface area contributed by atoms with E-state index in [1.165, 1.54) is 11.7 Å². The molecule has 1 saturated heterocycles. The first-order chi connectivity index (χ1) is 13.6. The van der Waals surface area contributed by atoms with Crippen LogP contribution in [0.5, 0.6) is 5.88 Å². The number of hydrogen-bond donors (Lipinski definition) is 1. The lowest BCUT2D eigenvalue weighted by Gasteiger charge is -2.32. The largest absolute Gasteiger partial charge is 0.470 e. The van der Waals surface area contributed by atoms with E-state index in [-0.39, 0.29) is 29.3 Å². The minimum Gasteiger partial charge on any atom is -0.470 e. The number of aromatic nitrogens is 3. The summed E-state index contributed by atoms with van der Waals surface area (Å²) >= 11 is 0. The van der Waals surface area contributed by atoms with Crippen LogP contribution in [0.1, 0.15) is 16.9 Å². The van der Waals surface area contributed by atoms with E-state index >= 15 is 0 Å². The minimum absolute atomic E-state index is 0.209. The minimum atomic E-state index is -0.369. The zero-order valence-corrected chi connectivity index (χ0v) is 15.4. The molecule has 0 aliphatic carbocycles. The van der Waals surface area contributed by atoms with Gasteiger partial charge in [-0.1, -0.05) is 24.3 Å². The van der Waals surface area contributed by atoms with Crippen molar-refractivity contribution in [3.63, 3.8) is 0 Å². The third-order valence-electron chi connectivity index (χ3n) is 4.70. The third kappa shape index (κ3) is 3.59. The molecule has 0 unspecified atom stereocenters. The van der Waals surface area contributed by atoms with Gasteiger partial charge in [0.15, 0.2) is 5.69 Å². The SMILES string of the molecule is Cn1nc(C(=O)N[C@@H]2CCOC[C@H]2Oc2ccccn2)c2ccccc2c1=O. The summed E-state index contributed by atoms with van der Waals surface area (Å²) in [5.74, 6) is 0.122. The van der Waals surface area contributed by atoms with Gasteiger partial charge >= 0.3 is 0 Å². The molecule has 1 aliphatic rings. The number of nitrogens with one attached hydrogen (secondary N) is 1. The average Bonchev–Trinajstić information content (AvgIpc) is 2.73. The van der Waals surface area contributed by atoms with Crippen molar-refractivity contribution in [2.24, 2.45) is 7.05 Å². The second-order valence-corrected chi connectivity index (χ2v) is 6.59. The Morgan fingerprint density at radius 1 is 1.21 bits per heavy atom. The van der Waals surface area contributed by atoms with Crippen LogP contribution < -0.4 is 15.6 Å². The monoisotopic (exact) mass is 380 g/mol. The smallest absolute Gasteiger partial charge is 0.274 e. The molecule has 2 aromatic heterocycles. The van der Waals surface area contributed by atoms with Crippen LogP contribution in [-0.4, -0.2) is 46.0 Å². The second kappa shape index (κ2) is 7.77. The van der Waals surface area contributed by atoms with Gasteiger partial charge in [-0.05, 0) is 18.6 Å². The van der Waals surface area contributed by atoms with Crippen molar-refractivity contribution in [3.8, 4) is 5.88 Å². The molecule has 1 amide bonds. The quantitative estimate of drug-likeness (QED) is 0.733. The van der Waals surface area contributed by atoms with Gasteiger partial charge < -0.3 is 14.8 Å². The summed E-state index contributed by atoms with van der Waals surface area (Å²) in [6.45, 7) is 0.872. The summed E-state index contributed by atoms with van der Waals surface area (Å²) in [5, 5.41) is 8.16. The van der Waals surface area contributed by atoms with Crippen LogP contribution in [0.3, 0.4) is 0 Å². The lowest BCUT2D eigenvalue weighted by molar-refractivity contribution is -0.0153. The van der Waals surface area contributed by atoms with E-state index in [2.05, 4.69) is 15.4 Å². The van der Waals surface area contributed by atoms with Crippen molar-refractivity contribution in [2.75, 3.05) is 13.2 Å². The topological polar surface area (TPSA) is 95.3 Å². The number of nitrogens with zero attached hydrogens (tertiary/aromatic N) is 3. The van der Waals surface area contributed by atoms with Gasteiger partial charge in [0.1, 0.15) is 6.10 Å². The summed E-state index contributed by atoms with van der Waals surface area (Å²) in [4.78, 5) is 29.4. The van der Waals surface area contributed by atoms with E-state index < -0.39 is 0 Å². The molecular weight excluding hydrogens is 360 g/mol. The number of amides is 1. The summed E-state index contributed by atoms with van der Waals surface area (Å²) in [6, 6.07) is 12.1. The van der Waals surface area contributed by atoms with Gasteiger partial charge in [-0.3, -0.25) is 9.59 Å². The van der Waals surface area contributed by atoms with Crippen LogP contribution in [0.4, 0.5) is 0 Å². The van der Waals surface area contributed by atoms with E-state index in [0.717, 1.165) is 0 Å². The molecule has 0 bridgehead atoms. The molecule has 8 nitrogen and oxygen atoms in total. The molecule has 0 saturated carbocycles. The molecule has 3 heterocycles. The van der Waals surface area contributed by atoms with Crippen molar-refractivity contribution in [1.29, 1.82) is 0 Å². The number of benzene rings is 1. The van der Waals surface area contributed by atoms with Crippen LogP contribution in [0.15, 0.2) is 53.5 Å². The van der Waals surface area contributed by atoms with Crippen LogP contribution in [-0.2, 0) is 11.8 Å². The molecule has 1 fully saturated rings. The van der Waals surface area contributed by atoms with Gasteiger partial charge in [0, 0.05) is 31.3 Å². The van der Waals surface area contributed by atoms with Gasteiger partial charge in [-0.2, -0.15) is 5.10 Å². The number of ether oxygens (including phenoxy) is 2. The van der Waals surface area contributed by atoms with Gasteiger partial charge in [0.25, 0.3) is 11.5 Å². The van der Waals surface area contributed by atoms with Crippen LogP contribution in [0, 0.1) is 0 Å². The Morgan fingerprint density at radius 3 is 2.79 bits per heavy atom. The molecule has 0 spiro atoms. The Hall–Kier alpha value is -3.26. The summed E-state index contributed by atoms with van der Waals surface area (Å²) in [5.41, 5.74) is -0.0321. The summed E-state index contributed by atoms with van der Waals surface area (Å²) < 4.78 is 12.6. The maximum absolute atomic E-state index is 13.0. The van der Waals surface area contributed by atoms with Gasteiger partial charge in [0.2, 0.25) is 5.88 Å². The Kier molecular flexibility index (Phi) is 5.03. The second-order valence-electron chi connectivity index (χ2n) is 6.59. The molecule has 144 valence electrons. The predicted molar refractivity (Wildman–Crippen MR) is 102 cm³/mol. The first-order valence-electron chi connectivity index (χ1n) is 9.06. The number of hydrogen-bond acceptors (Lipinski definition) is 6. The van der Waals surface area contributed by atoms with Gasteiger partial charge in [-0.15, -0.1) is 0 Å². The lowest BCUT2D eigenvalue weighted by Crippen LogP contribution is -2.51. The third-order valence-corrected chi connectivity index (χ3v) is 4.70. The average molecular weight is 380 g/mol. The number of fused-ring (bicyclic) bond motifs is 1. The van der Waals surface area contributed by atoms with E-state index in [1.807, 2.05) is 6.07 Å². The molecule has 1 aromatic carbocycles. The fourth-order valence-electron chi connectivity index (χ4n) is 3.27. The van der Waals surface area contributed by atoms with Crippen molar-refractivity contribution in [2.45, 2.75) is 18.6 Å². The number of carbonyl (C=O) groups is 1. The normalized spacial score (nSPS) is 19.3. The van der Waals surface area contributed by atoms with Crippen LogP contribution in [0.2, 0.25) is 0 Å².